The number of nitrogens with two attached hydrogens (primary N) is 1. The molecule has 2 aromatic rings. The number of carbonyl (C=O) groups is 1. The van der Waals surface area contributed by atoms with Crippen LogP contribution >= 0.6 is 0 Å². The molecule has 0 aromatic heterocycles. The zero-order valence-electron chi connectivity index (χ0n) is 21.5. The molecule has 0 bridgehead atoms. The van der Waals surface area contributed by atoms with Crippen molar-refractivity contribution >= 4 is 5.97 Å². The predicted octanol–water partition coefficient (Wildman–Crippen LogP) is 4.54. The molecule has 1 saturated heterocycles. The number of likely N-dealkylation sites (tertiary alicyclic amines) is 1. The molecule has 0 spiro atoms. The lowest BCUT2D eigenvalue weighted by Crippen LogP contribution is -2.50. The number of rotatable bonds is 11. The van der Waals surface area contributed by atoms with E-state index in [0.717, 1.165) is 43.4 Å². The molecule has 4 unspecified atom stereocenters. The van der Waals surface area contributed by atoms with Gasteiger partial charge in [-0.15, -0.1) is 0 Å². The molecule has 4 atom stereocenters. The minimum absolute atomic E-state index is 0.178. The number of hydrogen-bond acceptors (Lipinski definition) is 6. The van der Waals surface area contributed by atoms with Crippen LogP contribution in [0.15, 0.2) is 54.6 Å². The Labute approximate surface area is 210 Å². The molecule has 0 amide bonds. The SMILES string of the molecule is CCCCC(C)(CN)CC(=O)Oc1ccc(C(O)C(C)N2CCCC(O)(c3ccccc3)C2)cc1. The number of hydrogen-bond donors (Lipinski definition) is 3. The number of aliphatic hydroxyl groups is 2. The summed E-state index contributed by atoms with van der Waals surface area (Å²) in [6, 6.07) is 16.6. The molecule has 192 valence electrons. The van der Waals surface area contributed by atoms with Crippen molar-refractivity contribution in [2.75, 3.05) is 19.6 Å². The summed E-state index contributed by atoms with van der Waals surface area (Å²) in [6.45, 7) is 7.88. The summed E-state index contributed by atoms with van der Waals surface area (Å²) >= 11 is 0. The summed E-state index contributed by atoms with van der Waals surface area (Å²) in [4.78, 5) is 14.7. The van der Waals surface area contributed by atoms with Gasteiger partial charge < -0.3 is 20.7 Å². The standard InChI is InChI=1S/C29H42N2O4/c1-4-5-16-28(3,20-30)19-26(32)35-25-14-12-23(13-15-25)27(33)22(2)31-18-9-17-29(34,21-31)24-10-7-6-8-11-24/h6-8,10-15,22,27,33-34H,4-5,9,16-21,30H2,1-3H3. The average Bonchev–Trinajstić information content (AvgIpc) is 2.87. The van der Waals surface area contributed by atoms with Crippen molar-refractivity contribution in [2.24, 2.45) is 11.1 Å². The Hall–Kier alpha value is -2.25. The van der Waals surface area contributed by atoms with Gasteiger partial charge in [-0.1, -0.05) is 69.2 Å². The zero-order chi connectivity index (χ0) is 25.5. The molecule has 6 nitrogen and oxygen atoms in total. The monoisotopic (exact) mass is 482 g/mol. The van der Waals surface area contributed by atoms with Gasteiger partial charge in [-0.3, -0.25) is 9.69 Å². The van der Waals surface area contributed by atoms with E-state index in [0.29, 0.717) is 25.3 Å². The van der Waals surface area contributed by atoms with E-state index in [9.17, 15) is 15.0 Å². The van der Waals surface area contributed by atoms with Crippen LogP contribution in [0, 0.1) is 5.41 Å². The van der Waals surface area contributed by atoms with Gasteiger partial charge >= 0.3 is 5.97 Å². The van der Waals surface area contributed by atoms with Crippen LogP contribution in [0.4, 0.5) is 0 Å². The van der Waals surface area contributed by atoms with Gasteiger partial charge in [0, 0.05) is 12.6 Å². The maximum atomic E-state index is 12.5. The smallest absolute Gasteiger partial charge is 0.311 e. The minimum atomic E-state index is -0.916. The van der Waals surface area contributed by atoms with Crippen LogP contribution in [0.2, 0.25) is 0 Å². The van der Waals surface area contributed by atoms with Crippen molar-refractivity contribution < 1.29 is 19.7 Å². The van der Waals surface area contributed by atoms with E-state index in [2.05, 4.69) is 11.8 Å². The van der Waals surface area contributed by atoms with E-state index in [4.69, 9.17) is 10.5 Å². The van der Waals surface area contributed by atoms with Crippen molar-refractivity contribution in [1.29, 1.82) is 0 Å². The summed E-state index contributed by atoms with van der Waals surface area (Å²) in [5.74, 6) is 0.175. The van der Waals surface area contributed by atoms with E-state index in [1.165, 1.54) is 0 Å². The molecule has 0 saturated carbocycles. The molecular weight excluding hydrogens is 440 g/mol. The Balaban J connectivity index is 1.60. The first-order valence-corrected chi connectivity index (χ1v) is 12.9. The zero-order valence-corrected chi connectivity index (χ0v) is 21.5. The van der Waals surface area contributed by atoms with Gasteiger partial charge in [0.05, 0.1) is 12.5 Å². The molecule has 4 N–H and O–H groups in total. The summed E-state index contributed by atoms with van der Waals surface area (Å²) < 4.78 is 5.56. The van der Waals surface area contributed by atoms with Crippen LogP contribution in [0.3, 0.4) is 0 Å². The molecule has 6 heteroatoms. The van der Waals surface area contributed by atoms with E-state index >= 15 is 0 Å². The van der Waals surface area contributed by atoms with Crippen molar-refractivity contribution in [3.63, 3.8) is 0 Å². The fourth-order valence-corrected chi connectivity index (χ4v) is 4.99. The van der Waals surface area contributed by atoms with Crippen LogP contribution in [0.1, 0.15) is 76.5 Å². The van der Waals surface area contributed by atoms with E-state index in [1.54, 1.807) is 24.3 Å². The maximum Gasteiger partial charge on any atom is 0.311 e. The van der Waals surface area contributed by atoms with Crippen LogP contribution in [-0.4, -0.2) is 46.8 Å². The molecule has 2 aromatic carbocycles. The van der Waals surface area contributed by atoms with Crippen LogP contribution in [0.5, 0.6) is 5.75 Å². The highest BCUT2D eigenvalue weighted by molar-refractivity contribution is 5.73. The number of aliphatic hydroxyl groups excluding tert-OH is 1. The summed E-state index contributed by atoms with van der Waals surface area (Å²) in [6.07, 6.45) is 4.11. The second kappa shape index (κ2) is 12.1. The minimum Gasteiger partial charge on any atom is -0.427 e. The van der Waals surface area contributed by atoms with Crippen molar-refractivity contribution in [1.82, 2.24) is 4.90 Å². The van der Waals surface area contributed by atoms with Crippen LogP contribution < -0.4 is 10.5 Å². The highest BCUT2D eigenvalue weighted by Crippen LogP contribution is 2.34. The van der Waals surface area contributed by atoms with Gasteiger partial charge in [0.1, 0.15) is 11.4 Å². The van der Waals surface area contributed by atoms with E-state index in [1.807, 2.05) is 44.2 Å². The number of ether oxygens (including phenoxy) is 1. The first-order valence-electron chi connectivity index (χ1n) is 12.9. The third-order valence-corrected chi connectivity index (χ3v) is 7.50. The first-order chi connectivity index (χ1) is 16.7. The number of nitrogens with zero attached hydrogens (tertiary/aromatic N) is 1. The Morgan fingerprint density at radius 1 is 1.20 bits per heavy atom. The van der Waals surface area contributed by atoms with Gasteiger partial charge in [-0.05, 0) is 68.0 Å². The molecular formula is C29H42N2O4. The Kier molecular flexibility index (Phi) is 9.47. The van der Waals surface area contributed by atoms with Crippen molar-refractivity contribution in [3.05, 3.63) is 65.7 Å². The highest BCUT2D eigenvalue weighted by Gasteiger charge is 2.38. The molecule has 3 rings (SSSR count). The molecule has 1 fully saturated rings. The fraction of sp³-hybridized carbons (Fsp3) is 0.552. The number of β-amino-alcohol motifs (C(OH)–C–C–N with tert-alkyl or cyclic N) is 1. The molecule has 1 aliphatic heterocycles. The lowest BCUT2D eigenvalue weighted by molar-refractivity contribution is -0.136. The molecule has 0 aliphatic carbocycles. The van der Waals surface area contributed by atoms with Crippen molar-refractivity contribution in [2.45, 2.75) is 77.0 Å². The van der Waals surface area contributed by atoms with Gasteiger partial charge in [0.2, 0.25) is 0 Å². The van der Waals surface area contributed by atoms with Gasteiger partial charge in [-0.25, -0.2) is 0 Å². The number of benzene rings is 2. The van der Waals surface area contributed by atoms with Crippen molar-refractivity contribution in [3.8, 4) is 5.75 Å². The number of carbonyl (C=O) groups excluding carboxylic acids is 1. The average molecular weight is 483 g/mol. The van der Waals surface area contributed by atoms with Gasteiger partial charge in [-0.2, -0.15) is 0 Å². The third-order valence-electron chi connectivity index (χ3n) is 7.50. The van der Waals surface area contributed by atoms with Gasteiger partial charge in [0.25, 0.3) is 0 Å². The molecule has 0 radical (unpaired) electrons. The number of esters is 1. The lowest BCUT2D eigenvalue weighted by Gasteiger charge is -2.43. The largest absolute Gasteiger partial charge is 0.427 e. The van der Waals surface area contributed by atoms with Gasteiger partial charge in [0.15, 0.2) is 0 Å². The quantitative estimate of drug-likeness (QED) is 0.321. The molecule has 1 aliphatic rings. The topological polar surface area (TPSA) is 96.0 Å². The van der Waals surface area contributed by atoms with Crippen LogP contribution in [0.25, 0.3) is 0 Å². The first kappa shape index (κ1) is 27.3. The Bertz CT molecular complexity index is 935. The van der Waals surface area contributed by atoms with Crippen LogP contribution in [-0.2, 0) is 10.4 Å². The third kappa shape index (κ3) is 7.14. The van der Waals surface area contributed by atoms with E-state index < -0.39 is 11.7 Å². The molecule has 1 heterocycles. The summed E-state index contributed by atoms with van der Waals surface area (Å²) in [5.41, 5.74) is 6.42. The normalized spacial score (nSPS) is 22.2. The summed E-state index contributed by atoms with van der Waals surface area (Å²) in [7, 11) is 0. The second-order valence-corrected chi connectivity index (χ2v) is 10.5. The number of unbranched alkanes of at least 4 members (excludes halogenated alkanes) is 1. The second-order valence-electron chi connectivity index (χ2n) is 10.5. The summed E-state index contributed by atoms with van der Waals surface area (Å²) in [5, 5.41) is 22.4. The van der Waals surface area contributed by atoms with E-state index in [-0.39, 0.29) is 23.8 Å². The lowest BCUT2D eigenvalue weighted by atomic mass is 9.82. The highest BCUT2D eigenvalue weighted by atomic mass is 16.5. The number of piperidine rings is 1. The Morgan fingerprint density at radius 2 is 1.89 bits per heavy atom. The maximum absolute atomic E-state index is 12.5. The fourth-order valence-electron chi connectivity index (χ4n) is 4.99. The molecule has 35 heavy (non-hydrogen) atoms. The predicted molar refractivity (Wildman–Crippen MR) is 139 cm³/mol. The Morgan fingerprint density at radius 3 is 2.51 bits per heavy atom.